The van der Waals surface area contributed by atoms with Crippen LogP contribution in [-0.4, -0.2) is 38.4 Å². The molecule has 3 aromatic carbocycles. The second kappa shape index (κ2) is 20.4. The topological polar surface area (TPSA) is 80.3 Å². The van der Waals surface area contributed by atoms with Gasteiger partial charge >= 0.3 is 11.9 Å². The average Bonchev–Trinajstić information content (AvgIpc) is 3.07. The van der Waals surface area contributed by atoms with Crippen LogP contribution in [0.15, 0.2) is 98.1 Å². The molecule has 0 aliphatic carbocycles. The van der Waals surface area contributed by atoms with Crippen molar-refractivity contribution < 1.29 is 33.3 Å². The van der Waals surface area contributed by atoms with Gasteiger partial charge in [-0.05, 0) is 104 Å². The van der Waals surface area contributed by atoms with Crippen LogP contribution < -0.4 is 14.2 Å². The van der Waals surface area contributed by atoms with Crippen molar-refractivity contribution in [3.63, 3.8) is 0 Å². The van der Waals surface area contributed by atoms with Gasteiger partial charge < -0.3 is 23.7 Å². The summed E-state index contributed by atoms with van der Waals surface area (Å²) in [6.45, 7) is 9.43. The Kier molecular flexibility index (Phi) is 15.7. The minimum atomic E-state index is -0.368. The molecule has 0 saturated heterocycles. The standard InChI is InChI=1S/C37H44O7/c1-3-36(38)42-27-11-7-5-9-25-40-33-19-13-30(14-20-33)29-44-35-23-17-32(18-24-35)31-15-21-34(22-16-31)41-26-10-6-8-12-28-43-37(39)4-2/h3-4,13-24H,1-2,5-12,25-29H2. The van der Waals surface area contributed by atoms with Gasteiger partial charge in [0.2, 0.25) is 0 Å². The molecule has 7 heteroatoms. The van der Waals surface area contributed by atoms with Crippen molar-refractivity contribution in [3.05, 3.63) is 104 Å². The van der Waals surface area contributed by atoms with Crippen LogP contribution >= 0.6 is 0 Å². The van der Waals surface area contributed by atoms with Gasteiger partial charge in [0, 0.05) is 12.2 Å². The lowest BCUT2D eigenvalue weighted by molar-refractivity contribution is -0.138. The predicted octanol–water partition coefficient (Wildman–Crippen LogP) is 8.27. The summed E-state index contributed by atoms with van der Waals surface area (Å²) in [6, 6.07) is 24.2. The minimum Gasteiger partial charge on any atom is -0.494 e. The van der Waals surface area contributed by atoms with Crippen molar-refractivity contribution in [1.82, 2.24) is 0 Å². The van der Waals surface area contributed by atoms with E-state index in [0.717, 1.165) is 85.3 Å². The molecule has 0 aromatic heterocycles. The van der Waals surface area contributed by atoms with E-state index < -0.39 is 0 Å². The zero-order chi connectivity index (χ0) is 31.2. The van der Waals surface area contributed by atoms with Crippen LogP contribution in [0, 0.1) is 0 Å². The summed E-state index contributed by atoms with van der Waals surface area (Å²) in [7, 11) is 0. The molecule has 0 aliphatic rings. The van der Waals surface area contributed by atoms with Crippen molar-refractivity contribution in [2.24, 2.45) is 0 Å². The molecule has 3 aromatic rings. The second-order valence-corrected chi connectivity index (χ2v) is 10.2. The van der Waals surface area contributed by atoms with Crippen LogP contribution in [-0.2, 0) is 25.7 Å². The van der Waals surface area contributed by atoms with E-state index in [1.54, 1.807) is 0 Å². The largest absolute Gasteiger partial charge is 0.494 e. The highest BCUT2D eigenvalue weighted by Crippen LogP contribution is 2.25. The minimum absolute atomic E-state index is 0.367. The van der Waals surface area contributed by atoms with Gasteiger partial charge in [-0.25, -0.2) is 9.59 Å². The number of hydrogen-bond donors (Lipinski definition) is 0. The van der Waals surface area contributed by atoms with E-state index in [2.05, 4.69) is 37.4 Å². The zero-order valence-corrected chi connectivity index (χ0v) is 25.5. The summed E-state index contributed by atoms with van der Waals surface area (Å²) in [6.07, 6.45) is 10.0. The van der Waals surface area contributed by atoms with Crippen LogP contribution in [0.3, 0.4) is 0 Å². The summed E-state index contributed by atoms with van der Waals surface area (Å²) in [5.41, 5.74) is 3.29. The normalized spacial score (nSPS) is 10.5. The number of ether oxygens (including phenoxy) is 5. The van der Waals surface area contributed by atoms with Crippen molar-refractivity contribution in [2.75, 3.05) is 26.4 Å². The van der Waals surface area contributed by atoms with E-state index >= 15 is 0 Å². The highest BCUT2D eigenvalue weighted by molar-refractivity contribution is 5.81. The second-order valence-electron chi connectivity index (χ2n) is 10.2. The molecule has 0 atom stereocenters. The molecule has 0 spiro atoms. The van der Waals surface area contributed by atoms with Gasteiger partial charge in [0.05, 0.1) is 26.4 Å². The van der Waals surface area contributed by atoms with Crippen LogP contribution in [0.25, 0.3) is 11.1 Å². The van der Waals surface area contributed by atoms with Gasteiger partial charge in [-0.1, -0.05) is 49.6 Å². The molecule has 0 radical (unpaired) electrons. The first-order valence-corrected chi connectivity index (χ1v) is 15.3. The van der Waals surface area contributed by atoms with Crippen molar-refractivity contribution in [3.8, 4) is 28.4 Å². The molecule has 44 heavy (non-hydrogen) atoms. The third-order valence-corrected chi connectivity index (χ3v) is 6.81. The van der Waals surface area contributed by atoms with Crippen LogP contribution in [0.1, 0.15) is 56.9 Å². The van der Waals surface area contributed by atoms with E-state index in [1.165, 1.54) is 12.2 Å². The van der Waals surface area contributed by atoms with E-state index in [1.807, 2.05) is 48.5 Å². The van der Waals surface area contributed by atoms with E-state index in [0.29, 0.717) is 33.0 Å². The maximum atomic E-state index is 11.0. The van der Waals surface area contributed by atoms with Gasteiger partial charge in [0.1, 0.15) is 23.9 Å². The smallest absolute Gasteiger partial charge is 0.330 e. The van der Waals surface area contributed by atoms with Crippen LogP contribution in [0.5, 0.6) is 17.2 Å². The number of rotatable bonds is 22. The number of carbonyl (C=O) groups excluding carboxylic acids is 2. The molecule has 0 saturated carbocycles. The summed E-state index contributed by atoms with van der Waals surface area (Å²) in [5, 5.41) is 0. The highest BCUT2D eigenvalue weighted by Gasteiger charge is 2.03. The molecule has 0 bridgehead atoms. The monoisotopic (exact) mass is 600 g/mol. The third-order valence-electron chi connectivity index (χ3n) is 6.81. The molecule has 0 N–H and O–H groups in total. The maximum absolute atomic E-state index is 11.0. The Bertz CT molecular complexity index is 1260. The Labute approximate surface area is 261 Å². The van der Waals surface area contributed by atoms with E-state index in [4.69, 9.17) is 23.7 Å². The van der Waals surface area contributed by atoms with E-state index in [9.17, 15) is 9.59 Å². The lowest BCUT2D eigenvalue weighted by atomic mass is 10.1. The SMILES string of the molecule is C=CC(=O)OCCCCCCOc1ccc(COc2ccc(-c3ccc(OCCCCCCOC(=O)C=C)cc3)cc2)cc1. The van der Waals surface area contributed by atoms with Crippen molar-refractivity contribution in [1.29, 1.82) is 0 Å². The molecule has 0 fully saturated rings. The van der Waals surface area contributed by atoms with Gasteiger partial charge in [-0.3, -0.25) is 0 Å². The van der Waals surface area contributed by atoms with Crippen LogP contribution in [0.2, 0.25) is 0 Å². The molecule has 234 valence electrons. The predicted molar refractivity (Wildman–Crippen MR) is 173 cm³/mol. The summed E-state index contributed by atoms with van der Waals surface area (Å²) >= 11 is 0. The van der Waals surface area contributed by atoms with Crippen molar-refractivity contribution in [2.45, 2.75) is 58.0 Å². The maximum Gasteiger partial charge on any atom is 0.330 e. The molecule has 0 heterocycles. The fraction of sp³-hybridized carbons (Fsp3) is 0.351. The number of benzene rings is 3. The fourth-order valence-corrected chi connectivity index (χ4v) is 4.29. The molecule has 0 unspecified atom stereocenters. The Balaban J connectivity index is 1.28. The number of hydrogen-bond acceptors (Lipinski definition) is 7. The average molecular weight is 601 g/mol. The summed E-state index contributed by atoms with van der Waals surface area (Å²) < 4.78 is 27.6. The molecule has 3 rings (SSSR count). The third kappa shape index (κ3) is 13.6. The zero-order valence-electron chi connectivity index (χ0n) is 25.5. The Hall–Kier alpha value is -4.52. The molecule has 7 nitrogen and oxygen atoms in total. The highest BCUT2D eigenvalue weighted by atomic mass is 16.5. The Morgan fingerprint density at radius 1 is 0.477 bits per heavy atom. The number of esters is 2. The summed E-state index contributed by atoms with van der Waals surface area (Å²) in [5.74, 6) is 1.77. The first kappa shape index (κ1) is 34.0. The number of unbranched alkanes of at least 4 members (excludes halogenated alkanes) is 6. The van der Waals surface area contributed by atoms with Crippen molar-refractivity contribution >= 4 is 11.9 Å². The van der Waals surface area contributed by atoms with Gasteiger partial charge in [0.15, 0.2) is 0 Å². The lowest BCUT2D eigenvalue weighted by Gasteiger charge is -2.10. The lowest BCUT2D eigenvalue weighted by Crippen LogP contribution is -2.02. The summed E-state index contributed by atoms with van der Waals surface area (Å²) in [4.78, 5) is 22.0. The Morgan fingerprint density at radius 3 is 1.25 bits per heavy atom. The van der Waals surface area contributed by atoms with Gasteiger partial charge in [-0.15, -0.1) is 0 Å². The first-order chi connectivity index (χ1) is 21.6. The van der Waals surface area contributed by atoms with Gasteiger partial charge in [0.25, 0.3) is 0 Å². The molecular formula is C37H44O7. The Morgan fingerprint density at radius 2 is 0.841 bits per heavy atom. The quantitative estimate of drug-likeness (QED) is 0.0652. The van der Waals surface area contributed by atoms with Crippen LogP contribution in [0.4, 0.5) is 0 Å². The molecule has 0 aliphatic heterocycles. The van der Waals surface area contributed by atoms with Gasteiger partial charge in [-0.2, -0.15) is 0 Å². The fourth-order valence-electron chi connectivity index (χ4n) is 4.29. The van der Waals surface area contributed by atoms with E-state index in [-0.39, 0.29) is 11.9 Å². The number of carbonyl (C=O) groups is 2. The molecular weight excluding hydrogens is 556 g/mol. The first-order valence-electron chi connectivity index (χ1n) is 15.3. The molecule has 0 amide bonds.